The van der Waals surface area contributed by atoms with Crippen molar-refractivity contribution < 1.29 is 19.0 Å². The number of aliphatic hydroxyl groups is 1. The molecule has 0 spiro atoms. The van der Waals surface area contributed by atoms with Gasteiger partial charge in [0.15, 0.2) is 5.82 Å². The van der Waals surface area contributed by atoms with E-state index in [9.17, 15) is 14.3 Å². The number of imidazole rings is 1. The number of nitrogens with zero attached hydrogens (tertiary/aromatic N) is 4. The number of carbonyl (C=O) groups excluding carboxylic acids is 1. The van der Waals surface area contributed by atoms with Crippen molar-refractivity contribution in [2.24, 2.45) is 24.6 Å². The molecule has 2 bridgehead atoms. The maximum Gasteiger partial charge on any atom is 0.254 e. The Kier molecular flexibility index (Phi) is 6.32. The van der Waals surface area contributed by atoms with Gasteiger partial charge in [0.05, 0.1) is 24.9 Å². The van der Waals surface area contributed by atoms with Crippen LogP contribution in [-0.4, -0.2) is 55.8 Å². The lowest BCUT2D eigenvalue weighted by Gasteiger charge is -2.27. The minimum atomic E-state index is -0.321. The summed E-state index contributed by atoms with van der Waals surface area (Å²) in [6, 6.07) is 16.7. The number of rotatable bonds is 7. The van der Waals surface area contributed by atoms with E-state index in [2.05, 4.69) is 10.6 Å². The van der Waals surface area contributed by atoms with Crippen LogP contribution in [0.15, 0.2) is 54.6 Å². The predicted octanol–water partition coefficient (Wildman–Crippen LogP) is 5.47. The van der Waals surface area contributed by atoms with Crippen LogP contribution in [0.25, 0.3) is 44.6 Å². The van der Waals surface area contributed by atoms with Crippen LogP contribution in [0, 0.1) is 17.7 Å². The number of amides is 1. The number of aliphatic hydroxyl groups excluding tert-OH is 1. The largest absolute Gasteiger partial charge is 0.494 e. The number of methoxy groups -OCH3 is 1. The Balaban J connectivity index is 1.24. The second-order valence-electron chi connectivity index (χ2n) is 12.8. The Morgan fingerprint density at radius 2 is 1.93 bits per heavy atom. The van der Waals surface area contributed by atoms with Crippen LogP contribution < -0.4 is 10.5 Å². The second-order valence-corrected chi connectivity index (χ2v) is 12.8. The molecule has 3 aromatic carbocycles. The number of aromatic nitrogens is 3. The van der Waals surface area contributed by atoms with Crippen molar-refractivity contribution in [1.82, 2.24) is 19.0 Å². The van der Waals surface area contributed by atoms with Crippen molar-refractivity contribution >= 4 is 27.8 Å². The number of piperidine rings is 1. The summed E-state index contributed by atoms with van der Waals surface area (Å²) in [5.74, 6) is 1.99. The van der Waals surface area contributed by atoms with Gasteiger partial charge in [-0.2, -0.15) is 0 Å². The van der Waals surface area contributed by atoms with Gasteiger partial charge in [0.1, 0.15) is 17.1 Å². The van der Waals surface area contributed by atoms with E-state index in [4.69, 9.17) is 15.5 Å². The molecular weight excluding hydrogens is 557 g/mol. The van der Waals surface area contributed by atoms with Crippen LogP contribution in [0.1, 0.15) is 41.6 Å². The highest BCUT2D eigenvalue weighted by Crippen LogP contribution is 2.41. The molecule has 1 amide bonds. The standard InChI is InChI=1S/C35H36FN5O3/c1-39-33-27(12-24(15-31(33)44-2)35(43)41-17-23-8-10-28(41)32(23)37)38-34(39)30-14-22-7-6-21(13-29(22)40(30)16-19-3-4-19)25-11-20(18-42)5-9-26(25)36/h5-7,9,11-15,19,23,28,32,42H,3-4,8,10,16-18,37H2,1-2H3/t23-,28-,32-/m1/s1. The molecular formula is C35H36FN5O3. The molecule has 2 aliphatic carbocycles. The van der Waals surface area contributed by atoms with Gasteiger partial charge >= 0.3 is 0 Å². The van der Waals surface area contributed by atoms with Crippen LogP contribution in [0.2, 0.25) is 0 Å². The summed E-state index contributed by atoms with van der Waals surface area (Å²) in [6.45, 7) is 1.40. The van der Waals surface area contributed by atoms with Crippen molar-refractivity contribution in [2.75, 3.05) is 13.7 Å². The second kappa shape index (κ2) is 10.2. The lowest BCUT2D eigenvalue weighted by molar-refractivity contribution is 0.0700. The van der Waals surface area contributed by atoms with Gasteiger partial charge in [-0.15, -0.1) is 0 Å². The summed E-state index contributed by atoms with van der Waals surface area (Å²) in [5.41, 5.74) is 12.4. The van der Waals surface area contributed by atoms with E-state index in [1.807, 2.05) is 46.8 Å². The van der Waals surface area contributed by atoms with Gasteiger partial charge in [-0.25, -0.2) is 9.37 Å². The quantitative estimate of drug-likeness (QED) is 0.261. The minimum absolute atomic E-state index is 0.0204. The summed E-state index contributed by atoms with van der Waals surface area (Å²) in [7, 11) is 3.60. The first-order valence-electron chi connectivity index (χ1n) is 15.5. The normalized spacial score (nSPS) is 21.2. The molecule has 3 heterocycles. The molecule has 2 saturated carbocycles. The third kappa shape index (κ3) is 4.24. The summed E-state index contributed by atoms with van der Waals surface area (Å²) in [4.78, 5) is 20.7. The molecule has 8 nitrogen and oxygen atoms in total. The number of ether oxygens (including phenoxy) is 1. The summed E-state index contributed by atoms with van der Waals surface area (Å²) < 4.78 is 25.1. The van der Waals surface area contributed by atoms with E-state index in [0.717, 1.165) is 52.9 Å². The molecule has 0 radical (unpaired) electrons. The average molecular weight is 594 g/mol. The monoisotopic (exact) mass is 593 g/mol. The SMILES string of the molecule is COc1cc(C(=O)N2C[C@H]3CC[C@@H]2[C@@H]3N)cc2nc(-c3cc4ccc(-c5cc(CO)ccc5F)cc4n3CC3CC3)n(C)c12. The number of aryl methyl sites for hydroxylation is 1. The minimum Gasteiger partial charge on any atom is -0.494 e. The van der Waals surface area contributed by atoms with Gasteiger partial charge in [-0.05, 0) is 85.0 Å². The molecule has 3 N–H and O–H groups in total. The highest BCUT2D eigenvalue weighted by atomic mass is 19.1. The number of hydrogen-bond donors (Lipinski definition) is 2. The van der Waals surface area contributed by atoms with E-state index in [1.165, 1.54) is 18.9 Å². The Labute approximate surface area is 254 Å². The number of fused-ring (bicyclic) bond motifs is 4. The number of likely N-dealkylation sites (tertiary alicyclic amines) is 1. The van der Waals surface area contributed by atoms with E-state index in [1.54, 1.807) is 19.2 Å². The molecule has 1 saturated heterocycles. The van der Waals surface area contributed by atoms with Crippen molar-refractivity contribution in [3.05, 3.63) is 71.5 Å². The van der Waals surface area contributed by atoms with Crippen LogP contribution in [-0.2, 0) is 20.2 Å². The third-order valence-electron chi connectivity index (χ3n) is 10.1. The molecule has 2 aromatic heterocycles. The first-order valence-corrected chi connectivity index (χ1v) is 15.5. The zero-order valence-corrected chi connectivity index (χ0v) is 25.0. The number of carbonyl (C=O) groups is 1. The molecule has 0 unspecified atom stereocenters. The number of benzene rings is 3. The fraction of sp³-hybridized carbons (Fsp3) is 0.371. The first-order chi connectivity index (χ1) is 21.3. The van der Waals surface area contributed by atoms with Crippen molar-refractivity contribution in [2.45, 2.75) is 50.9 Å². The Hall–Kier alpha value is -4.21. The number of halogens is 1. The molecule has 3 atom stereocenters. The maximum atomic E-state index is 14.9. The summed E-state index contributed by atoms with van der Waals surface area (Å²) >= 11 is 0. The lowest BCUT2D eigenvalue weighted by Crippen LogP contribution is -2.41. The van der Waals surface area contributed by atoms with Crippen molar-refractivity contribution in [1.29, 1.82) is 0 Å². The molecule has 44 heavy (non-hydrogen) atoms. The fourth-order valence-corrected chi connectivity index (χ4v) is 7.52. The zero-order chi connectivity index (χ0) is 30.3. The Bertz CT molecular complexity index is 1960. The van der Waals surface area contributed by atoms with Crippen molar-refractivity contribution in [3.63, 3.8) is 0 Å². The highest BCUT2D eigenvalue weighted by Gasteiger charge is 2.47. The fourth-order valence-electron chi connectivity index (χ4n) is 7.52. The lowest BCUT2D eigenvalue weighted by atomic mass is 10.0. The van der Waals surface area contributed by atoms with Gasteiger partial charge in [-0.1, -0.05) is 18.2 Å². The zero-order valence-electron chi connectivity index (χ0n) is 25.0. The Morgan fingerprint density at radius 1 is 1.09 bits per heavy atom. The summed E-state index contributed by atoms with van der Waals surface area (Å²) in [5, 5.41) is 10.7. The average Bonchev–Trinajstić information content (AvgIpc) is 3.44. The topological polar surface area (TPSA) is 98.5 Å². The molecule has 3 fully saturated rings. The molecule has 3 aliphatic rings. The predicted molar refractivity (Wildman–Crippen MR) is 168 cm³/mol. The molecule has 8 rings (SSSR count). The van der Waals surface area contributed by atoms with Crippen molar-refractivity contribution in [3.8, 4) is 28.4 Å². The highest BCUT2D eigenvalue weighted by molar-refractivity contribution is 6.00. The third-order valence-corrected chi connectivity index (χ3v) is 10.1. The molecule has 9 heteroatoms. The van der Waals surface area contributed by atoms with E-state index < -0.39 is 0 Å². The summed E-state index contributed by atoms with van der Waals surface area (Å²) in [6.07, 6.45) is 4.39. The van der Waals surface area contributed by atoms with E-state index in [-0.39, 0.29) is 30.4 Å². The van der Waals surface area contributed by atoms with Gasteiger partial charge in [0.2, 0.25) is 0 Å². The van der Waals surface area contributed by atoms with Crippen LogP contribution in [0.5, 0.6) is 5.75 Å². The maximum absolute atomic E-state index is 14.9. The van der Waals surface area contributed by atoms with E-state index in [0.29, 0.717) is 46.3 Å². The van der Waals surface area contributed by atoms with Crippen LogP contribution >= 0.6 is 0 Å². The van der Waals surface area contributed by atoms with Gasteiger partial charge in [-0.3, -0.25) is 4.79 Å². The van der Waals surface area contributed by atoms with E-state index >= 15 is 0 Å². The molecule has 5 aromatic rings. The number of hydrogen-bond acceptors (Lipinski definition) is 5. The molecule has 1 aliphatic heterocycles. The first kappa shape index (κ1) is 27.3. The van der Waals surface area contributed by atoms with Gasteiger partial charge in [0.25, 0.3) is 5.91 Å². The Morgan fingerprint density at radius 3 is 2.64 bits per heavy atom. The number of nitrogens with two attached hydrogens (primary N) is 1. The van der Waals surface area contributed by atoms with Gasteiger partial charge < -0.3 is 29.6 Å². The smallest absolute Gasteiger partial charge is 0.254 e. The van der Waals surface area contributed by atoms with Crippen LogP contribution in [0.4, 0.5) is 4.39 Å². The van der Waals surface area contributed by atoms with Gasteiger partial charge in [0, 0.05) is 54.3 Å². The van der Waals surface area contributed by atoms with Crippen LogP contribution in [0.3, 0.4) is 0 Å². The molecule has 226 valence electrons.